The average Bonchev–Trinajstić information content (AvgIpc) is 3.35. The number of esters is 1. The molecule has 1 amide bonds. The monoisotopic (exact) mass is 403 g/mol. The number of amides is 1. The predicted octanol–water partition coefficient (Wildman–Crippen LogP) is 3.92. The molecular formula is C21H25NO5S. The van der Waals surface area contributed by atoms with Crippen LogP contribution in [0.4, 0.5) is 0 Å². The number of carbonyl (C=O) groups excluding carboxylic acids is 2. The van der Waals surface area contributed by atoms with Gasteiger partial charge in [0, 0.05) is 24.3 Å². The molecule has 0 N–H and O–H groups in total. The maximum Gasteiger partial charge on any atom is 0.341 e. The summed E-state index contributed by atoms with van der Waals surface area (Å²) in [4.78, 5) is 27.3. The van der Waals surface area contributed by atoms with Crippen molar-refractivity contribution in [1.29, 1.82) is 0 Å². The van der Waals surface area contributed by atoms with E-state index >= 15 is 0 Å². The summed E-state index contributed by atoms with van der Waals surface area (Å²) in [5, 5.41) is 0. The van der Waals surface area contributed by atoms with Crippen molar-refractivity contribution in [3.05, 3.63) is 53.0 Å². The number of carbonyl (C=O) groups is 2. The zero-order chi connectivity index (χ0) is 20.1. The van der Waals surface area contributed by atoms with E-state index in [1.807, 2.05) is 24.3 Å². The van der Waals surface area contributed by atoms with Gasteiger partial charge in [-0.05, 0) is 38.0 Å². The molecule has 28 heavy (non-hydrogen) atoms. The van der Waals surface area contributed by atoms with Crippen LogP contribution in [0.25, 0.3) is 0 Å². The molecule has 1 aromatic heterocycles. The van der Waals surface area contributed by atoms with Gasteiger partial charge >= 0.3 is 5.97 Å². The van der Waals surface area contributed by atoms with Crippen LogP contribution in [0.3, 0.4) is 0 Å². The van der Waals surface area contributed by atoms with Crippen molar-refractivity contribution in [2.45, 2.75) is 37.3 Å². The second-order valence-electron chi connectivity index (χ2n) is 6.78. The fourth-order valence-corrected chi connectivity index (χ4v) is 4.29. The van der Waals surface area contributed by atoms with Gasteiger partial charge in [0.2, 0.25) is 0 Å². The smallest absolute Gasteiger partial charge is 0.341 e. The van der Waals surface area contributed by atoms with E-state index in [9.17, 15) is 9.59 Å². The maximum absolute atomic E-state index is 13.0. The van der Waals surface area contributed by atoms with Crippen LogP contribution in [0.2, 0.25) is 0 Å². The van der Waals surface area contributed by atoms with Gasteiger partial charge in [0.1, 0.15) is 17.1 Å². The summed E-state index contributed by atoms with van der Waals surface area (Å²) in [6.07, 6.45) is 2.43. The van der Waals surface area contributed by atoms with Gasteiger partial charge in [-0.1, -0.05) is 12.1 Å². The van der Waals surface area contributed by atoms with Crippen LogP contribution in [0.1, 0.15) is 45.1 Å². The lowest BCUT2D eigenvalue weighted by Crippen LogP contribution is -2.26. The number of benzene rings is 1. The van der Waals surface area contributed by atoms with E-state index < -0.39 is 5.97 Å². The van der Waals surface area contributed by atoms with Crippen LogP contribution >= 0.6 is 11.8 Å². The first-order chi connectivity index (χ1) is 13.5. The van der Waals surface area contributed by atoms with Gasteiger partial charge < -0.3 is 18.8 Å². The van der Waals surface area contributed by atoms with E-state index in [1.165, 1.54) is 7.11 Å². The highest BCUT2D eigenvalue weighted by atomic mass is 32.2. The first kappa shape index (κ1) is 20.5. The van der Waals surface area contributed by atoms with Crippen molar-refractivity contribution in [1.82, 2.24) is 4.90 Å². The molecule has 3 rings (SSSR count). The second-order valence-corrected chi connectivity index (χ2v) is 7.84. The molecule has 0 radical (unpaired) electrons. The SMILES string of the molecule is COC(=O)c1cc(CN(C)C(=O)c2ccccc2SCC2CCCO2)oc1C. The Labute approximate surface area is 169 Å². The van der Waals surface area contributed by atoms with E-state index in [1.54, 1.807) is 36.7 Å². The quantitative estimate of drug-likeness (QED) is 0.516. The number of ether oxygens (including phenoxy) is 2. The van der Waals surface area contributed by atoms with Crippen LogP contribution in [-0.4, -0.2) is 49.4 Å². The summed E-state index contributed by atoms with van der Waals surface area (Å²) in [6.45, 7) is 2.79. The minimum absolute atomic E-state index is 0.0934. The second kappa shape index (κ2) is 9.30. The lowest BCUT2D eigenvalue weighted by molar-refractivity contribution is 0.0598. The third-order valence-electron chi connectivity index (χ3n) is 4.68. The van der Waals surface area contributed by atoms with Gasteiger partial charge in [-0.3, -0.25) is 4.79 Å². The van der Waals surface area contributed by atoms with Crippen molar-refractivity contribution in [2.24, 2.45) is 0 Å². The zero-order valence-corrected chi connectivity index (χ0v) is 17.2. The van der Waals surface area contributed by atoms with Gasteiger partial charge in [-0.25, -0.2) is 4.79 Å². The number of hydrogen-bond donors (Lipinski definition) is 0. The molecule has 0 saturated carbocycles. The Morgan fingerprint density at radius 2 is 2.07 bits per heavy atom. The number of thioether (sulfide) groups is 1. The molecule has 0 bridgehead atoms. The number of furan rings is 1. The van der Waals surface area contributed by atoms with E-state index in [-0.39, 0.29) is 18.6 Å². The number of aryl methyl sites for hydroxylation is 1. The summed E-state index contributed by atoms with van der Waals surface area (Å²) in [5.74, 6) is 1.32. The molecule has 2 aromatic rings. The van der Waals surface area contributed by atoms with Crippen LogP contribution < -0.4 is 0 Å². The first-order valence-electron chi connectivity index (χ1n) is 9.26. The molecule has 0 spiro atoms. The third-order valence-corrected chi connectivity index (χ3v) is 5.89. The van der Waals surface area contributed by atoms with Gasteiger partial charge in [0.05, 0.1) is 25.3 Å². The third kappa shape index (κ3) is 4.77. The van der Waals surface area contributed by atoms with Crippen molar-refractivity contribution >= 4 is 23.6 Å². The van der Waals surface area contributed by atoms with Gasteiger partial charge in [-0.15, -0.1) is 11.8 Å². The van der Waals surface area contributed by atoms with Crippen molar-refractivity contribution in [2.75, 3.05) is 26.5 Å². The molecule has 6 nitrogen and oxygen atoms in total. The van der Waals surface area contributed by atoms with E-state index in [0.717, 1.165) is 30.1 Å². The Bertz CT molecular complexity index is 841. The minimum Gasteiger partial charge on any atom is -0.465 e. The van der Waals surface area contributed by atoms with Crippen LogP contribution in [0.5, 0.6) is 0 Å². The largest absolute Gasteiger partial charge is 0.465 e. The van der Waals surface area contributed by atoms with Crippen LogP contribution in [-0.2, 0) is 16.0 Å². The Morgan fingerprint density at radius 1 is 1.29 bits per heavy atom. The Balaban J connectivity index is 1.68. The summed E-state index contributed by atoms with van der Waals surface area (Å²) in [5.41, 5.74) is 1.04. The molecule has 1 aromatic carbocycles. The van der Waals surface area contributed by atoms with Crippen molar-refractivity contribution < 1.29 is 23.5 Å². The minimum atomic E-state index is -0.447. The molecule has 7 heteroatoms. The highest BCUT2D eigenvalue weighted by Crippen LogP contribution is 2.28. The molecule has 2 heterocycles. The average molecular weight is 404 g/mol. The standard InChI is InChI=1S/C21H25NO5S/c1-14-18(21(24)25-3)11-16(27-14)12-22(2)20(23)17-8-4-5-9-19(17)28-13-15-7-6-10-26-15/h4-5,8-9,11,15H,6-7,10,12-13H2,1-3H3. The lowest BCUT2D eigenvalue weighted by Gasteiger charge is -2.18. The summed E-state index contributed by atoms with van der Waals surface area (Å²) in [6, 6.07) is 9.23. The number of hydrogen-bond acceptors (Lipinski definition) is 6. The molecule has 1 fully saturated rings. The van der Waals surface area contributed by atoms with Gasteiger partial charge in [0.25, 0.3) is 5.91 Å². The molecular weight excluding hydrogens is 378 g/mol. The topological polar surface area (TPSA) is 69.0 Å². The summed E-state index contributed by atoms with van der Waals surface area (Å²) >= 11 is 1.65. The van der Waals surface area contributed by atoms with E-state index in [0.29, 0.717) is 22.6 Å². The van der Waals surface area contributed by atoms with E-state index in [2.05, 4.69) is 0 Å². The van der Waals surface area contributed by atoms with E-state index in [4.69, 9.17) is 13.9 Å². The summed E-state index contributed by atoms with van der Waals surface area (Å²) < 4.78 is 16.0. The van der Waals surface area contributed by atoms with Crippen LogP contribution in [0.15, 0.2) is 39.6 Å². The summed E-state index contributed by atoms with van der Waals surface area (Å²) in [7, 11) is 3.05. The predicted molar refractivity (Wildman–Crippen MR) is 107 cm³/mol. The highest BCUT2D eigenvalue weighted by molar-refractivity contribution is 7.99. The Kier molecular flexibility index (Phi) is 6.80. The highest BCUT2D eigenvalue weighted by Gasteiger charge is 2.21. The van der Waals surface area contributed by atoms with Gasteiger partial charge in [-0.2, -0.15) is 0 Å². The zero-order valence-electron chi connectivity index (χ0n) is 16.4. The van der Waals surface area contributed by atoms with Gasteiger partial charge in [0.15, 0.2) is 0 Å². The van der Waals surface area contributed by atoms with Crippen molar-refractivity contribution in [3.63, 3.8) is 0 Å². The molecule has 1 aliphatic rings. The fourth-order valence-electron chi connectivity index (χ4n) is 3.17. The molecule has 150 valence electrons. The first-order valence-corrected chi connectivity index (χ1v) is 10.2. The van der Waals surface area contributed by atoms with Crippen molar-refractivity contribution in [3.8, 4) is 0 Å². The molecule has 0 aliphatic carbocycles. The number of nitrogens with zero attached hydrogens (tertiary/aromatic N) is 1. The lowest BCUT2D eigenvalue weighted by atomic mass is 10.2. The maximum atomic E-state index is 13.0. The Morgan fingerprint density at radius 3 is 2.79 bits per heavy atom. The normalized spacial score (nSPS) is 16.2. The van der Waals surface area contributed by atoms with Crippen LogP contribution in [0, 0.1) is 6.92 Å². The molecule has 1 unspecified atom stereocenters. The fraction of sp³-hybridized carbons (Fsp3) is 0.429. The number of methoxy groups -OCH3 is 1. The molecule has 1 aliphatic heterocycles. The Hall–Kier alpha value is -2.25. The number of rotatable bonds is 7. The molecule has 1 saturated heterocycles. The molecule has 1 atom stereocenters.